The first kappa shape index (κ1) is 20.6. The lowest BCUT2D eigenvalue weighted by atomic mass is 10.1. The second kappa shape index (κ2) is 8.97. The average Bonchev–Trinajstić information content (AvgIpc) is 3.28. The third-order valence-electron chi connectivity index (χ3n) is 4.85. The number of thioether (sulfide) groups is 1. The molecule has 2 amide bonds. The number of rotatable bonds is 6. The number of aromatic nitrogens is 1. The summed E-state index contributed by atoms with van der Waals surface area (Å²) < 4.78 is 1.06. The van der Waals surface area contributed by atoms with Crippen LogP contribution in [0.5, 0.6) is 0 Å². The van der Waals surface area contributed by atoms with Crippen LogP contribution in [0.3, 0.4) is 0 Å². The highest BCUT2D eigenvalue weighted by Crippen LogP contribution is 2.34. The van der Waals surface area contributed by atoms with E-state index < -0.39 is 5.25 Å². The smallest absolute Gasteiger partial charge is 0.242 e. The topological polar surface area (TPSA) is 74.7 Å². The standard InChI is InChI=1S/C22H22N4O2S2/c1-3-14-9-5-6-10-15(14)23-19(27)13-18-20(28)26(4-2)22(30-18)25-21-24-16-11-7-8-12-17(16)29-21/h5-12,18H,3-4,13H2,1-2H3,(H,23,27). The average molecular weight is 439 g/mol. The number of amides is 2. The fourth-order valence-corrected chi connectivity index (χ4v) is 5.42. The minimum absolute atomic E-state index is 0.0821. The third-order valence-corrected chi connectivity index (χ3v) is 6.96. The zero-order valence-electron chi connectivity index (χ0n) is 16.8. The van der Waals surface area contributed by atoms with Gasteiger partial charge in [0.15, 0.2) is 5.17 Å². The number of amidine groups is 1. The van der Waals surface area contributed by atoms with E-state index in [1.165, 1.54) is 23.1 Å². The molecule has 0 aliphatic carbocycles. The van der Waals surface area contributed by atoms with Crippen LogP contribution in [-0.4, -0.2) is 38.7 Å². The maximum absolute atomic E-state index is 12.8. The molecule has 1 aliphatic rings. The predicted molar refractivity (Wildman–Crippen MR) is 125 cm³/mol. The monoisotopic (exact) mass is 438 g/mol. The Kier molecular flexibility index (Phi) is 6.15. The lowest BCUT2D eigenvalue weighted by molar-refractivity contribution is -0.128. The number of carbonyl (C=O) groups is 2. The van der Waals surface area contributed by atoms with Crippen LogP contribution in [0.15, 0.2) is 53.5 Å². The largest absolute Gasteiger partial charge is 0.326 e. The fourth-order valence-electron chi connectivity index (χ4n) is 3.33. The molecular weight excluding hydrogens is 416 g/mol. The van der Waals surface area contributed by atoms with Crippen LogP contribution >= 0.6 is 23.1 Å². The molecule has 1 fully saturated rings. The molecule has 154 valence electrons. The predicted octanol–water partition coefficient (Wildman–Crippen LogP) is 4.84. The number of para-hydroxylation sites is 2. The van der Waals surface area contributed by atoms with Crippen molar-refractivity contribution in [3.8, 4) is 0 Å². The molecule has 1 aromatic heterocycles. The van der Waals surface area contributed by atoms with E-state index >= 15 is 0 Å². The Hall–Kier alpha value is -2.71. The molecule has 1 atom stereocenters. The molecular formula is C22H22N4O2S2. The number of benzene rings is 2. The SMILES string of the molecule is CCc1ccccc1NC(=O)CC1SC(=Nc2nc3ccccc3s2)N(CC)C1=O. The fraction of sp³-hybridized carbons (Fsp3) is 0.273. The number of aliphatic imine (C=N–C) groups is 1. The molecule has 4 rings (SSSR count). The van der Waals surface area contributed by atoms with Crippen molar-refractivity contribution in [3.05, 3.63) is 54.1 Å². The van der Waals surface area contributed by atoms with Crippen molar-refractivity contribution < 1.29 is 9.59 Å². The normalized spacial score (nSPS) is 17.8. The molecule has 1 aliphatic heterocycles. The molecule has 2 aromatic carbocycles. The Labute approximate surface area is 183 Å². The maximum atomic E-state index is 12.8. The summed E-state index contributed by atoms with van der Waals surface area (Å²) in [7, 11) is 0. The van der Waals surface area contributed by atoms with Crippen LogP contribution in [0.4, 0.5) is 10.8 Å². The number of anilines is 1. The summed E-state index contributed by atoms with van der Waals surface area (Å²) >= 11 is 2.83. The van der Waals surface area contributed by atoms with Gasteiger partial charge in [-0.25, -0.2) is 4.98 Å². The van der Waals surface area contributed by atoms with E-state index in [0.29, 0.717) is 16.8 Å². The Balaban J connectivity index is 1.49. The molecule has 0 bridgehead atoms. The highest BCUT2D eigenvalue weighted by Gasteiger charge is 2.38. The van der Waals surface area contributed by atoms with E-state index in [1.807, 2.05) is 62.4 Å². The number of thiazole rings is 1. The van der Waals surface area contributed by atoms with Crippen molar-refractivity contribution in [2.45, 2.75) is 31.9 Å². The molecule has 0 spiro atoms. The zero-order chi connectivity index (χ0) is 21.1. The second-order valence-corrected chi connectivity index (χ2v) is 8.99. The van der Waals surface area contributed by atoms with Gasteiger partial charge in [0.1, 0.15) is 5.25 Å². The Morgan fingerprint density at radius 3 is 2.70 bits per heavy atom. The van der Waals surface area contributed by atoms with Gasteiger partial charge in [0.25, 0.3) is 0 Å². The van der Waals surface area contributed by atoms with Crippen LogP contribution < -0.4 is 5.32 Å². The third kappa shape index (κ3) is 4.24. The lowest BCUT2D eigenvalue weighted by Gasteiger charge is -2.13. The minimum atomic E-state index is -0.480. The quantitative estimate of drug-likeness (QED) is 0.598. The highest BCUT2D eigenvalue weighted by molar-refractivity contribution is 8.15. The van der Waals surface area contributed by atoms with Gasteiger partial charge in [0, 0.05) is 18.7 Å². The van der Waals surface area contributed by atoms with Crippen LogP contribution in [0.1, 0.15) is 25.8 Å². The van der Waals surface area contributed by atoms with Gasteiger partial charge in [0.05, 0.1) is 10.2 Å². The molecule has 3 aromatic rings. The van der Waals surface area contributed by atoms with Gasteiger partial charge in [-0.15, -0.1) is 0 Å². The van der Waals surface area contributed by atoms with Crippen molar-refractivity contribution in [3.63, 3.8) is 0 Å². The summed E-state index contributed by atoms with van der Waals surface area (Å²) in [6.07, 6.45) is 0.938. The number of carbonyl (C=O) groups excluding carboxylic acids is 2. The molecule has 2 heterocycles. The summed E-state index contributed by atoms with van der Waals surface area (Å²) in [5, 5.41) is 3.69. The summed E-state index contributed by atoms with van der Waals surface area (Å²) in [6.45, 7) is 4.46. The van der Waals surface area contributed by atoms with Gasteiger partial charge in [-0.1, -0.05) is 60.4 Å². The molecule has 1 N–H and O–H groups in total. The first-order valence-electron chi connectivity index (χ1n) is 9.89. The first-order chi connectivity index (χ1) is 14.6. The molecule has 8 heteroatoms. The van der Waals surface area contributed by atoms with Gasteiger partial charge < -0.3 is 5.32 Å². The Morgan fingerprint density at radius 1 is 1.17 bits per heavy atom. The number of aryl methyl sites for hydroxylation is 1. The Bertz CT molecular complexity index is 1090. The van der Waals surface area contributed by atoms with Crippen molar-refractivity contribution >= 4 is 61.1 Å². The second-order valence-electron chi connectivity index (χ2n) is 6.81. The summed E-state index contributed by atoms with van der Waals surface area (Å²) in [5.74, 6) is -0.250. The van der Waals surface area contributed by atoms with E-state index in [0.717, 1.165) is 27.9 Å². The summed E-state index contributed by atoms with van der Waals surface area (Å²) in [5.41, 5.74) is 2.77. The summed E-state index contributed by atoms with van der Waals surface area (Å²) in [6, 6.07) is 15.6. The lowest BCUT2D eigenvalue weighted by Crippen LogP contribution is -2.33. The number of hydrogen-bond acceptors (Lipinski definition) is 6. The van der Waals surface area contributed by atoms with Crippen molar-refractivity contribution in [1.82, 2.24) is 9.88 Å². The molecule has 6 nitrogen and oxygen atoms in total. The van der Waals surface area contributed by atoms with E-state index in [9.17, 15) is 9.59 Å². The van der Waals surface area contributed by atoms with Crippen molar-refractivity contribution in [1.29, 1.82) is 0 Å². The van der Waals surface area contributed by atoms with E-state index in [1.54, 1.807) is 4.90 Å². The van der Waals surface area contributed by atoms with Gasteiger partial charge in [-0.05, 0) is 37.1 Å². The van der Waals surface area contributed by atoms with Crippen LogP contribution in [-0.2, 0) is 16.0 Å². The van der Waals surface area contributed by atoms with E-state index in [-0.39, 0.29) is 18.2 Å². The van der Waals surface area contributed by atoms with Gasteiger partial charge in [-0.2, -0.15) is 4.99 Å². The Morgan fingerprint density at radius 2 is 1.93 bits per heavy atom. The van der Waals surface area contributed by atoms with Gasteiger partial charge in [0.2, 0.25) is 16.9 Å². The molecule has 0 radical (unpaired) electrons. The van der Waals surface area contributed by atoms with Crippen molar-refractivity contribution in [2.75, 3.05) is 11.9 Å². The zero-order valence-corrected chi connectivity index (χ0v) is 18.4. The highest BCUT2D eigenvalue weighted by atomic mass is 32.2. The van der Waals surface area contributed by atoms with Crippen LogP contribution in [0.25, 0.3) is 10.2 Å². The van der Waals surface area contributed by atoms with Crippen LogP contribution in [0.2, 0.25) is 0 Å². The number of fused-ring (bicyclic) bond motifs is 1. The van der Waals surface area contributed by atoms with E-state index in [2.05, 4.69) is 15.3 Å². The van der Waals surface area contributed by atoms with Crippen LogP contribution in [0, 0.1) is 0 Å². The van der Waals surface area contributed by atoms with Gasteiger partial charge in [-0.3, -0.25) is 14.5 Å². The van der Waals surface area contributed by atoms with Gasteiger partial charge >= 0.3 is 0 Å². The number of nitrogens with one attached hydrogen (secondary N) is 1. The number of hydrogen-bond donors (Lipinski definition) is 1. The maximum Gasteiger partial charge on any atom is 0.242 e. The molecule has 1 unspecified atom stereocenters. The minimum Gasteiger partial charge on any atom is -0.326 e. The van der Waals surface area contributed by atoms with E-state index in [4.69, 9.17) is 0 Å². The first-order valence-corrected chi connectivity index (χ1v) is 11.6. The van der Waals surface area contributed by atoms with Crippen molar-refractivity contribution in [2.24, 2.45) is 4.99 Å². The molecule has 1 saturated heterocycles. The molecule has 30 heavy (non-hydrogen) atoms. The number of nitrogens with zero attached hydrogens (tertiary/aromatic N) is 3. The summed E-state index contributed by atoms with van der Waals surface area (Å²) in [4.78, 5) is 36.3. The molecule has 0 saturated carbocycles.